The van der Waals surface area contributed by atoms with Gasteiger partial charge in [0.05, 0.1) is 10.6 Å². The van der Waals surface area contributed by atoms with E-state index in [0.29, 0.717) is 11.4 Å². The van der Waals surface area contributed by atoms with Crippen LogP contribution in [0, 0.1) is 10.1 Å². The number of hydrogen-bond donors (Lipinski definition) is 4. The molecule has 2 atom stereocenters. The zero-order valence-electron chi connectivity index (χ0n) is 23.0. The Morgan fingerprint density at radius 3 is 2.14 bits per heavy atom. The SMILES string of the molecule is O=C(CCNc1ccc([N+](=O)[O-])c2nonc12)NC(Cc1ccccc1)C(=O)NC(Cc1ccccc1)C(=O)OCCS. The molecule has 3 N–H and O–H groups in total. The first kappa shape index (κ1) is 31.0. The van der Waals surface area contributed by atoms with Crippen LogP contribution in [0.15, 0.2) is 77.4 Å². The normalized spacial score (nSPS) is 12.2. The number of non-ortho nitro benzene ring substituents is 1. The number of aromatic nitrogens is 2. The van der Waals surface area contributed by atoms with Gasteiger partial charge in [-0.15, -0.1) is 0 Å². The smallest absolute Gasteiger partial charge is 0.329 e. The van der Waals surface area contributed by atoms with Gasteiger partial charge in [-0.1, -0.05) is 60.7 Å². The maximum Gasteiger partial charge on any atom is 0.329 e. The fourth-order valence-corrected chi connectivity index (χ4v) is 4.43. The molecule has 2 amide bonds. The number of carbonyl (C=O) groups excluding carboxylic acids is 3. The Labute approximate surface area is 251 Å². The van der Waals surface area contributed by atoms with E-state index >= 15 is 0 Å². The van der Waals surface area contributed by atoms with Gasteiger partial charge < -0.3 is 20.7 Å². The van der Waals surface area contributed by atoms with Crippen LogP contribution in [0.3, 0.4) is 0 Å². The molecule has 224 valence electrons. The second-order valence-corrected chi connectivity index (χ2v) is 9.93. The first-order valence-corrected chi connectivity index (χ1v) is 14.1. The summed E-state index contributed by atoms with van der Waals surface area (Å²) < 4.78 is 9.93. The summed E-state index contributed by atoms with van der Waals surface area (Å²) in [6.07, 6.45) is 0.345. The minimum absolute atomic E-state index is 0.0167. The van der Waals surface area contributed by atoms with E-state index in [-0.39, 0.29) is 49.1 Å². The first-order valence-electron chi connectivity index (χ1n) is 13.4. The molecule has 0 aliphatic heterocycles. The Kier molecular flexibility index (Phi) is 11.0. The van der Waals surface area contributed by atoms with E-state index in [0.717, 1.165) is 11.1 Å². The number of hydrogen-bond acceptors (Lipinski definition) is 11. The van der Waals surface area contributed by atoms with Crippen LogP contribution in [0.5, 0.6) is 0 Å². The predicted molar refractivity (Wildman–Crippen MR) is 161 cm³/mol. The highest BCUT2D eigenvalue weighted by molar-refractivity contribution is 7.80. The van der Waals surface area contributed by atoms with Crippen molar-refractivity contribution < 1.29 is 28.7 Å². The molecule has 0 aliphatic rings. The summed E-state index contributed by atoms with van der Waals surface area (Å²) in [6, 6.07) is 19.1. The Morgan fingerprint density at radius 1 is 0.884 bits per heavy atom. The van der Waals surface area contributed by atoms with Crippen molar-refractivity contribution in [2.24, 2.45) is 0 Å². The van der Waals surface area contributed by atoms with Crippen molar-refractivity contribution in [3.05, 3.63) is 94.0 Å². The van der Waals surface area contributed by atoms with E-state index in [9.17, 15) is 24.5 Å². The number of nitro groups is 1. The van der Waals surface area contributed by atoms with Crippen LogP contribution < -0.4 is 16.0 Å². The predicted octanol–water partition coefficient (Wildman–Crippen LogP) is 2.86. The maximum absolute atomic E-state index is 13.5. The van der Waals surface area contributed by atoms with Crippen LogP contribution in [0.2, 0.25) is 0 Å². The highest BCUT2D eigenvalue weighted by Crippen LogP contribution is 2.28. The lowest BCUT2D eigenvalue weighted by Gasteiger charge is -2.23. The minimum Gasteiger partial charge on any atom is -0.463 e. The van der Waals surface area contributed by atoms with E-state index in [1.54, 1.807) is 0 Å². The average molecular weight is 607 g/mol. The molecule has 0 spiro atoms. The van der Waals surface area contributed by atoms with Crippen molar-refractivity contribution in [2.75, 3.05) is 24.2 Å². The highest BCUT2D eigenvalue weighted by atomic mass is 32.1. The monoisotopic (exact) mass is 606 g/mol. The van der Waals surface area contributed by atoms with Gasteiger partial charge in [-0.2, -0.15) is 12.6 Å². The van der Waals surface area contributed by atoms with Gasteiger partial charge in [0.25, 0.3) is 0 Å². The molecule has 0 saturated carbocycles. The standard InChI is InChI=1S/C29H30N6O7S/c36-25(13-14-30-21-11-12-24(35(39)40)27-26(21)33-42-34-27)31-22(17-19-7-3-1-4-8-19)28(37)32-23(29(38)41-15-16-43)18-20-9-5-2-6-10-20/h1-12,22-23,30,43H,13-18H2,(H,31,36)(H,32,37). The fraction of sp³-hybridized carbons (Fsp3) is 0.276. The van der Waals surface area contributed by atoms with Gasteiger partial charge in [0.1, 0.15) is 18.7 Å². The Hall–Kier alpha value is -4.98. The number of nitrogens with zero attached hydrogens (tertiary/aromatic N) is 3. The molecule has 0 aliphatic carbocycles. The van der Waals surface area contributed by atoms with Gasteiger partial charge >= 0.3 is 11.7 Å². The summed E-state index contributed by atoms with van der Waals surface area (Å²) in [5.41, 5.74) is 1.92. The quantitative estimate of drug-likeness (QED) is 0.0681. The highest BCUT2D eigenvalue weighted by Gasteiger charge is 2.28. The van der Waals surface area contributed by atoms with Crippen LogP contribution in [0.1, 0.15) is 17.5 Å². The lowest BCUT2D eigenvalue weighted by atomic mass is 10.0. The second kappa shape index (κ2) is 15.3. The molecule has 0 radical (unpaired) electrons. The molecule has 4 aromatic rings. The molecular formula is C29H30N6O7S. The van der Waals surface area contributed by atoms with Crippen molar-refractivity contribution in [3.63, 3.8) is 0 Å². The number of anilines is 1. The van der Waals surface area contributed by atoms with Gasteiger partial charge in [0.15, 0.2) is 5.52 Å². The summed E-state index contributed by atoms with van der Waals surface area (Å²) in [5, 5.41) is 27.1. The van der Waals surface area contributed by atoms with Crippen LogP contribution in [-0.2, 0) is 32.0 Å². The van der Waals surface area contributed by atoms with Crippen molar-refractivity contribution in [3.8, 4) is 0 Å². The van der Waals surface area contributed by atoms with E-state index in [4.69, 9.17) is 4.74 Å². The van der Waals surface area contributed by atoms with E-state index in [1.165, 1.54) is 12.1 Å². The van der Waals surface area contributed by atoms with Crippen LogP contribution >= 0.6 is 12.6 Å². The van der Waals surface area contributed by atoms with Crippen LogP contribution in [-0.4, -0.2) is 64.0 Å². The number of nitrogens with one attached hydrogen (secondary N) is 3. The average Bonchev–Trinajstić information content (AvgIpc) is 3.50. The van der Waals surface area contributed by atoms with Gasteiger partial charge in [0, 0.05) is 37.6 Å². The molecule has 13 nitrogen and oxygen atoms in total. The molecule has 0 saturated heterocycles. The maximum atomic E-state index is 13.5. The Morgan fingerprint density at radius 2 is 1.51 bits per heavy atom. The van der Waals surface area contributed by atoms with Crippen molar-refractivity contribution >= 4 is 52.8 Å². The third-order valence-electron chi connectivity index (χ3n) is 6.41. The molecule has 2 unspecified atom stereocenters. The number of esters is 1. The molecule has 1 aromatic heterocycles. The lowest BCUT2D eigenvalue weighted by Crippen LogP contribution is -2.53. The van der Waals surface area contributed by atoms with E-state index in [2.05, 4.69) is 43.5 Å². The number of rotatable bonds is 15. The van der Waals surface area contributed by atoms with Gasteiger partial charge in [-0.25, -0.2) is 9.42 Å². The summed E-state index contributed by atoms with van der Waals surface area (Å²) in [4.78, 5) is 50.0. The van der Waals surface area contributed by atoms with Crippen molar-refractivity contribution in [2.45, 2.75) is 31.3 Å². The number of fused-ring (bicyclic) bond motifs is 1. The first-order chi connectivity index (χ1) is 20.9. The fourth-order valence-electron chi connectivity index (χ4n) is 4.34. The molecule has 3 aromatic carbocycles. The molecular weight excluding hydrogens is 576 g/mol. The molecule has 43 heavy (non-hydrogen) atoms. The van der Waals surface area contributed by atoms with E-state index < -0.39 is 34.8 Å². The third kappa shape index (κ3) is 8.75. The van der Waals surface area contributed by atoms with Crippen LogP contribution in [0.4, 0.5) is 11.4 Å². The Balaban J connectivity index is 1.43. The zero-order chi connectivity index (χ0) is 30.6. The number of nitro benzene ring substituents is 1. The molecule has 0 bridgehead atoms. The van der Waals surface area contributed by atoms with Gasteiger partial charge in [0.2, 0.25) is 17.3 Å². The molecule has 4 rings (SSSR count). The van der Waals surface area contributed by atoms with Crippen LogP contribution in [0.25, 0.3) is 11.0 Å². The number of carbonyl (C=O) groups is 3. The molecule has 1 heterocycles. The zero-order valence-corrected chi connectivity index (χ0v) is 23.9. The molecule has 0 fully saturated rings. The number of ether oxygens (including phenoxy) is 1. The largest absolute Gasteiger partial charge is 0.463 e. The topological polar surface area (TPSA) is 179 Å². The summed E-state index contributed by atoms with van der Waals surface area (Å²) in [7, 11) is 0. The Bertz CT molecular complexity index is 1550. The summed E-state index contributed by atoms with van der Waals surface area (Å²) in [6.45, 7) is 0.212. The van der Waals surface area contributed by atoms with Gasteiger partial charge in [-0.3, -0.25) is 19.7 Å². The minimum atomic E-state index is -0.989. The third-order valence-corrected chi connectivity index (χ3v) is 6.59. The van der Waals surface area contributed by atoms with Crippen molar-refractivity contribution in [1.82, 2.24) is 20.9 Å². The van der Waals surface area contributed by atoms with Gasteiger partial charge in [-0.05, 0) is 27.5 Å². The summed E-state index contributed by atoms with van der Waals surface area (Å²) in [5.74, 6) is -1.24. The second-order valence-electron chi connectivity index (χ2n) is 9.48. The van der Waals surface area contributed by atoms with E-state index in [1.807, 2.05) is 60.7 Å². The molecule has 14 heteroatoms. The van der Waals surface area contributed by atoms with Crippen molar-refractivity contribution in [1.29, 1.82) is 0 Å². The number of thiol groups is 1. The number of amides is 2. The number of benzene rings is 3. The summed E-state index contributed by atoms with van der Waals surface area (Å²) >= 11 is 4.08. The lowest BCUT2D eigenvalue weighted by molar-refractivity contribution is -0.383.